The molecule has 2 heteroatoms. The zero-order chi connectivity index (χ0) is 16.1. The summed E-state index contributed by atoms with van der Waals surface area (Å²) in [7, 11) is 0. The van der Waals surface area contributed by atoms with Crippen molar-refractivity contribution in [3.63, 3.8) is 0 Å². The summed E-state index contributed by atoms with van der Waals surface area (Å²) in [5.74, 6) is 0. The molecule has 0 radical (unpaired) electrons. The van der Waals surface area contributed by atoms with Crippen LogP contribution in [0.5, 0.6) is 0 Å². The third-order valence-corrected chi connectivity index (χ3v) is 5.01. The van der Waals surface area contributed by atoms with Crippen molar-refractivity contribution < 1.29 is 5.11 Å². The summed E-state index contributed by atoms with van der Waals surface area (Å²) in [6.45, 7) is 3.92. The highest BCUT2D eigenvalue weighted by molar-refractivity contribution is 5.17. The number of hydrogen-bond donors (Lipinski definition) is 1. The second kappa shape index (κ2) is 7.29. The lowest BCUT2D eigenvalue weighted by molar-refractivity contribution is -0.00836. The molecule has 0 atom stereocenters. The zero-order valence-electron chi connectivity index (χ0n) is 14.0. The van der Waals surface area contributed by atoms with E-state index in [0.717, 1.165) is 38.8 Å². The number of benzene rings is 2. The van der Waals surface area contributed by atoms with Crippen LogP contribution < -0.4 is 0 Å². The van der Waals surface area contributed by atoms with Crippen molar-refractivity contribution in [3.8, 4) is 0 Å². The molecule has 122 valence electrons. The number of hydrogen-bond acceptors (Lipinski definition) is 2. The predicted octanol–water partition coefficient (Wildman–Crippen LogP) is 4.38. The average Bonchev–Trinajstić information content (AvgIpc) is 2.56. The lowest BCUT2D eigenvalue weighted by Gasteiger charge is -2.39. The Hall–Kier alpha value is -1.64. The fourth-order valence-electron chi connectivity index (χ4n) is 3.54. The van der Waals surface area contributed by atoms with Crippen molar-refractivity contribution in [3.05, 3.63) is 71.8 Å². The molecule has 0 spiro atoms. The van der Waals surface area contributed by atoms with Crippen LogP contribution in [0.1, 0.15) is 43.7 Å². The molecule has 1 fully saturated rings. The standard InChI is InChI=1S/C21H27NO/c1-21(23)14-12-20(13-15-21)22(16-18-8-4-2-5-9-18)17-19-10-6-3-7-11-19/h2-11,20,23H,12-17H2,1H3/t20-,21-. The molecule has 0 aromatic heterocycles. The molecule has 23 heavy (non-hydrogen) atoms. The molecule has 3 rings (SSSR count). The van der Waals surface area contributed by atoms with Crippen LogP contribution in [0.4, 0.5) is 0 Å². The van der Waals surface area contributed by atoms with E-state index in [0.29, 0.717) is 6.04 Å². The van der Waals surface area contributed by atoms with Gasteiger partial charge in [0.15, 0.2) is 0 Å². The van der Waals surface area contributed by atoms with E-state index in [2.05, 4.69) is 65.6 Å². The third kappa shape index (κ3) is 4.66. The highest BCUT2D eigenvalue weighted by atomic mass is 16.3. The maximum Gasteiger partial charge on any atom is 0.0621 e. The Morgan fingerprint density at radius 2 is 1.30 bits per heavy atom. The van der Waals surface area contributed by atoms with Crippen molar-refractivity contribution in [1.29, 1.82) is 0 Å². The normalized spacial score (nSPS) is 24.7. The van der Waals surface area contributed by atoms with Crippen LogP contribution >= 0.6 is 0 Å². The van der Waals surface area contributed by atoms with Crippen LogP contribution in [-0.4, -0.2) is 21.6 Å². The van der Waals surface area contributed by atoms with Gasteiger partial charge in [0.05, 0.1) is 5.60 Å². The van der Waals surface area contributed by atoms with Crippen LogP contribution in [0.15, 0.2) is 60.7 Å². The van der Waals surface area contributed by atoms with Crippen LogP contribution in [-0.2, 0) is 13.1 Å². The Morgan fingerprint density at radius 1 is 0.870 bits per heavy atom. The third-order valence-electron chi connectivity index (χ3n) is 5.01. The topological polar surface area (TPSA) is 23.5 Å². The van der Waals surface area contributed by atoms with Gasteiger partial charge in [0, 0.05) is 19.1 Å². The second-order valence-corrected chi connectivity index (χ2v) is 7.10. The Balaban J connectivity index is 1.73. The summed E-state index contributed by atoms with van der Waals surface area (Å²) >= 11 is 0. The minimum atomic E-state index is -0.471. The molecule has 2 aromatic rings. The summed E-state index contributed by atoms with van der Waals surface area (Å²) in [5, 5.41) is 10.2. The first-order valence-electron chi connectivity index (χ1n) is 8.67. The predicted molar refractivity (Wildman–Crippen MR) is 95.0 cm³/mol. The van der Waals surface area contributed by atoms with Crippen molar-refractivity contribution in [2.45, 2.75) is 57.3 Å². The monoisotopic (exact) mass is 309 g/mol. The Bertz CT molecular complexity index is 542. The van der Waals surface area contributed by atoms with Gasteiger partial charge in [-0.3, -0.25) is 4.90 Å². The molecule has 1 N–H and O–H groups in total. The quantitative estimate of drug-likeness (QED) is 0.886. The molecule has 1 saturated carbocycles. The van der Waals surface area contributed by atoms with Gasteiger partial charge >= 0.3 is 0 Å². The smallest absolute Gasteiger partial charge is 0.0621 e. The van der Waals surface area contributed by atoms with Crippen LogP contribution in [0.2, 0.25) is 0 Å². The molecule has 0 aliphatic heterocycles. The fraction of sp³-hybridized carbons (Fsp3) is 0.429. The van der Waals surface area contributed by atoms with Gasteiger partial charge in [0.1, 0.15) is 0 Å². The van der Waals surface area contributed by atoms with E-state index >= 15 is 0 Å². The Kier molecular flexibility index (Phi) is 5.14. The molecule has 1 aliphatic rings. The SMILES string of the molecule is C[C@]1(O)CC[C@H](N(Cc2ccccc2)Cc2ccccc2)CC1. The summed E-state index contributed by atoms with van der Waals surface area (Å²) < 4.78 is 0. The molecular weight excluding hydrogens is 282 g/mol. The van der Waals surface area contributed by atoms with Gasteiger partial charge in [-0.25, -0.2) is 0 Å². The van der Waals surface area contributed by atoms with E-state index in [-0.39, 0.29) is 0 Å². The van der Waals surface area contributed by atoms with Crippen LogP contribution in [0.3, 0.4) is 0 Å². The van der Waals surface area contributed by atoms with E-state index in [9.17, 15) is 5.11 Å². The van der Waals surface area contributed by atoms with Crippen molar-refractivity contribution in [1.82, 2.24) is 4.90 Å². The van der Waals surface area contributed by atoms with Crippen molar-refractivity contribution >= 4 is 0 Å². The summed E-state index contributed by atoms with van der Waals surface area (Å²) in [6.07, 6.45) is 3.95. The van der Waals surface area contributed by atoms with Gasteiger partial charge in [0.2, 0.25) is 0 Å². The minimum Gasteiger partial charge on any atom is -0.390 e. The van der Waals surface area contributed by atoms with E-state index in [4.69, 9.17) is 0 Å². The number of aliphatic hydroxyl groups is 1. The zero-order valence-corrected chi connectivity index (χ0v) is 14.0. The summed E-state index contributed by atoms with van der Waals surface area (Å²) in [6, 6.07) is 22.0. The molecule has 0 unspecified atom stereocenters. The Morgan fingerprint density at radius 3 is 1.74 bits per heavy atom. The Labute approximate surface area is 139 Å². The molecule has 0 heterocycles. The molecule has 0 saturated heterocycles. The van der Waals surface area contributed by atoms with Crippen molar-refractivity contribution in [2.24, 2.45) is 0 Å². The first-order valence-corrected chi connectivity index (χ1v) is 8.67. The highest BCUT2D eigenvalue weighted by Gasteiger charge is 2.31. The maximum atomic E-state index is 10.2. The minimum absolute atomic E-state index is 0.471. The number of nitrogens with zero attached hydrogens (tertiary/aromatic N) is 1. The highest BCUT2D eigenvalue weighted by Crippen LogP contribution is 2.31. The second-order valence-electron chi connectivity index (χ2n) is 7.10. The summed E-state index contributed by atoms with van der Waals surface area (Å²) in [4.78, 5) is 2.58. The van der Waals surface area contributed by atoms with Gasteiger partial charge in [-0.05, 0) is 43.7 Å². The summed E-state index contributed by atoms with van der Waals surface area (Å²) in [5.41, 5.74) is 2.25. The molecular formula is C21H27NO. The average molecular weight is 309 g/mol. The number of rotatable bonds is 5. The van der Waals surface area contributed by atoms with Crippen LogP contribution in [0, 0.1) is 0 Å². The molecule has 1 aliphatic carbocycles. The molecule has 0 amide bonds. The van der Waals surface area contributed by atoms with Gasteiger partial charge in [-0.2, -0.15) is 0 Å². The fourth-order valence-corrected chi connectivity index (χ4v) is 3.54. The van der Waals surface area contributed by atoms with Crippen LogP contribution in [0.25, 0.3) is 0 Å². The van der Waals surface area contributed by atoms with Gasteiger partial charge < -0.3 is 5.11 Å². The van der Waals surface area contributed by atoms with Gasteiger partial charge in [-0.1, -0.05) is 60.7 Å². The lowest BCUT2D eigenvalue weighted by Crippen LogP contribution is -2.41. The first-order chi connectivity index (χ1) is 11.1. The van der Waals surface area contributed by atoms with E-state index < -0.39 is 5.60 Å². The molecule has 0 bridgehead atoms. The maximum absolute atomic E-state index is 10.2. The van der Waals surface area contributed by atoms with E-state index in [1.165, 1.54) is 11.1 Å². The van der Waals surface area contributed by atoms with Gasteiger partial charge in [-0.15, -0.1) is 0 Å². The van der Waals surface area contributed by atoms with Crippen molar-refractivity contribution in [2.75, 3.05) is 0 Å². The molecule has 2 nitrogen and oxygen atoms in total. The van der Waals surface area contributed by atoms with E-state index in [1.807, 2.05) is 6.92 Å². The lowest BCUT2D eigenvalue weighted by atomic mass is 9.83. The molecule has 2 aromatic carbocycles. The van der Waals surface area contributed by atoms with Gasteiger partial charge in [0.25, 0.3) is 0 Å². The first kappa shape index (κ1) is 16.2. The van der Waals surface area contributed by atoms with E-state index in [1.54, 1.807) is 0 Å². The largest absolute Gasteiger partial charge is 0.390 e.